The Bertz CT molecular complexity index is 845. The van der Waals surface area contributed by atoms with Crippen LogP contribution in [0.5, 0.6) is 0 Å². The molecule has 0 saturated carbocycles. The highest BCUT2D eigenvalue weighted by Gasteiger charge is 2.27. The Hall–Kier alpha value is -2.45. The number of hydrogen-bond acceptors (Lipinski definition) is 6. The van der Waals surface area contributed by atoms with E-state index in [9.17, 15) is 14.9 Å². The number of amides is 1. The molecule has 1 amide bonds. The molecule has 2 aromatic rings. The fourth-order valence-corrected chi connectivity index (χ4v) is 3.48. The highest BCUT2D eigenvalue weighted by molar-refractivity contribution is 8.13. The number of carbonyl (C=O) groups is 1. The molecule has 9 heteroatoms. The molecule has 1 aliphatic rings. The van der Waals surface area contributed by atoms with Crippen LogP contribution >= 0.6 is 23.4 Å². The molecule has 3 rings (SSSR count). The lowest BCUT2D eigenvalue weighted by Gasteiger charge is -2.18. The molecule has 2 heterocycles. The van der Waals surface area contributed by atoms with Crippen LogP contribution in [0.15, 0.2) is 47.7 Å². The Morgan fingerprint density at radius 1 is 1.40 bits per heavy atom. The predicted molar refractivity (Wildman–Crippen MR) is 97.0 cm³/mol. The van der Waals surface area contributed by atoms with Crippen molar-refractivity contribution in [3.05, 3.63) is 69.0 Å². The second-order valence-electron chi connectivity index (χ2n) is 5.19. The first kappa shape index (κ1) is 17.4. The van der Waals surface area contributed by atoms with Gasteiger partial charge in [-0.3, -0.25) is 29.8 Å². The number of benzene rings is 1. The Morgan fingerprint density at radius 2 is 2.24 bits per heavy atom. The number of nitro groups is 1. The lowest BCUT2D eigenvalue weighted by molar-refractivity contribution is -0.384. The highest BCUT2D eigenvalue weighted by Crippen LogP contribution is 2.27. The molecule has 1 aromatic carbocycles. The van der Waals surface area contributed by atoms with Gasteiger partial charge in [-0.15, -0.1) is 0 Å². The predicted octanol–water partition coefficient (Wildman–Crippen LogP) is 3.39. The van der Waals surface area contributed by atoms with E-state index in [1.807, 2.05) is 12.1 Å². The number of nitrogens with zero attached hydrogens (tertiary/aromatic N) is 4. The first-order valence-electron chi connectivity index (χ1n) is 7.38. The van der Waals surface area contributed by atoms with E-state index in [4.69, 9.17) is 11.6 Å². The van der Waals surface area contributed by atoms with Gasteiger partial charge >= 0.3 is 0 Å². The summed E-state index contributed by atoms with van der Waals surface area (Å²) in [6.07, 6.45) is 3.46. The van der Waals surface area contributed by atoms with E-state index < -0.39 is 4.92 Å². The first-order chi connectivity index (χ1) is 12.1. The number of pyridine rings is 1. The van der Waals surface area contributed by atoms with E-state index in [-0.39, 0.29) is 22.2 Å². The van der Waals surface area contributed by atoms with Crippen molar-refractivity contribution in [3.8, 4) is 0 Å². The molecule has 0 unspecified atom stereocenters. The third-order valence-electron chi connectivity index (χ3n) is 3.53. The third-order valence-corrected chi connectivity index (χ3v) is 4.93. The van der Waals surface area contributed by atoms with Gasteiger partial charge in [-0.1, -0.05) is 29.4 Å². The summed E-state index contributed by atoms with van der Waals surface area (Å²) in [5, 5.41) is 11.6. The van der Waals surface area contributed by atoms with Crippen LogP contribution in [0, 0.1) is 10.1 Å². The van der Waals surface area contributed by atoms with Crippen molar-refractivity contribution in [2.24, 2.45) is 4.99 Å². The van der Waals surface area contributed by atoms with Gasteiger partial charge in [-0.25, -0.2) is 0 Å². The average molecular weight is 377 g/mol. The van der Waals surface area contributed by atoms with Gasteiger partial charge < -0.3 is 0 Å². The molecular formula is C16H13ClN4O3S. The summed E-state index contributed by atoms with van der Waals surface area (Å²) in [6.45, 7) is 0.960. The quantitative estimate of drug-likeness (QED) is 0.602. The van der Waals surface area contributed by atoms with Crippen molar-refractivity contribution in [2.75, 3.05) is 13.1 Å². The number of aromatic nitrogens is 1. The van der Waals surface area contributed by atoms with Crippen LogP contribution in [0.1, 0.15) is 15.9 Å². The maximum atomic E-state index is 12.7. The molecule has 0 fully saturated rings. The SMILES string of the molecule is O=C(c1ccc(Cl)c([N+](=O)[O-])c1)N1CCN=C1SCc1cccnc1. The van der Waals surface area contributed by atoms with Crippen molar-refractivity contribution in [1.82, 2.24) is 9.88 Å². The first-order valence-corrected chi connectivity index (χ1v) is 8.74. The molecule has 1 aliphatic heterocycles. The lowest BCUT2D eigenvalue weighted by Crippen LogP contribution is -2.32. The molecule has 0 atom stereocenters. The average Bonchev–Trinajstić information content (AvgIpc) is 3.09. The number of carbonyl (C=O) groups excluding carboxylic acids is 1. The summed E-state index contributed by atoms with van der Waals surface area (Å²) in [5.74, 6) is 0.312. The van der Waals surface area contributed by atoms with Crippen LogP contribution in [-0.4, -0.2) is 39.0 Å². The fraction of sp³-hybridized carbons (Fsp3) is 0.188. The van der Waals surface area contributed by atoms with Gasteiger partial charge in [0.05, 0.1) is 11.5 Å². The van der Waals surface area contributed by atoms with Gasteiger partial charge in [0.1, 0.15) is 5.02 Å². The summed E-state index contributed by atoms with van der Waals surface area (Å²) >= 11 is 7.24. The van der Waals surface area contributed by atoms with E-state index >= 15 is 0 Å². The van der Waals surface area contributed by atoms with Gasteiger partial charge in [0.15, 0.2) is 5.17 Å². The van der Waals surface area contributed by atoms with Crippen molar-refractivity contribution in [1.29, 1.82) is 0 Å². The molecule has 0 radical (unpaired) electrons. The maximum Gasteiger partial charge on any atom is 0.288 e. The largest absolute Gasteiger partial charge is 0.288 e. The third kappa shape index (κ3) is 3.97. The molecule has 7 nitrogen and oxygen atoms in total. The summed E-state index contributed by atoms with van der Waals surface area (Å²) in [7, 11) is 0. The molecule has 0 aliphatic carbocycles. The molecule has 0 bridgehead atoms. The van der Waals surface area contributed by atoms with Crippen LogP contribution in [0.25, 0.3) is 0 Å². The number of aliphatic imine (C=N–C) groups is 1. The van der Waals surface area contributed by atoms with E-state index in [2.05, 4.69) is 9.98 Å². The summed E-state index contributed by atoms with van der Waals surface area (Å²) < 4.78 is 0. The summed E-state index contributed by atoms with van der Waals surface area (Å²) in [5.41, 5.74) is 0.956. The van der Waals surface area contributed by atoms with Crippen LogP contribution < -0.4 is 0 Å². The molecule has 1 aromatic heterocycles. The lowest BCUT2D eigenvalue weighted by atomic mass is 10.2. The number of rotatable bonds is 4. The second kappa shape index (κ2) is 7.62. The van der Waals surface area contributed by atoms with E-state index in [0.29, 0.717) is 24.0 Å². The van der Waals surface area contributed by atoms with Crippen LogP contribution in [0.3, 0.4) is 0 Å². The normalized spacial score (nSPS) is 13.6. The second-order valence-corrected chi connectivity index (χ2v) is 6.54. The van der Waals surface area contributed by atoms with Gasteiger partial charge in [-0.05, 0) is 23.8 Å². The molecule has 128 valence electrons. The van der Waals surface area contributed by atoms with Gasteiger partial charge in [-0.2, -0.15) is 0 Å². The minimum atomic E-state index is -0.602. The van der Waals surface area contributed by atoms with E-state index in [1.54, 1.807) is 12.4 Å². The topological polar surface area (TPSA) is 88.7 Å². The zero-order valence-electron chi connectivity index (χ0n) is 13.0. The Kier molecular flexibility index (Phi) is 5.30. The number of halogens is 1. The Balaban J connectivity index is 1.74. The van der Waals surface area contributed by atoms with Crippen molar-refractivity contribution in [3.63, 3.8) is 0 Å². The Labute approximate surface area is 152 Å². The zero-order chi connectivity index (χ0) is 17.8. The monoisotopic (exact) mass is 376 g/mol. The molecule has 0 N–H and O–H groups in total. The van der Waals surface area contributed by atoms with Gasteiger partial charge in [0.2, 0.25) is 0 Å². The smallest absolute Gasteiger partial charge is 0.286 e. The standard InChI is InChI=1S/C16H13ClN4O3S/c17-13-4-3-12(8-14(13)21(23)24)15(22)20-7-6-19-16(20)25-10-11-2-1-5-18-9-11/h1-5,8-9H,6-7,10H2. The summed E-state index contributed by atoms with van der Waals surface area (Å²) in [4.78, 5) is 33.1. The van der Waals surface area contributed by atoms with E-state index in [1.165, 1.54) is 34.9 Å². The fourth-order valence-electron chi connectivity index (χ4n) is 2.31. The molecular weight excluding hydrogens is 364 g/mol. The number of hydrogen-bond donors (Lipinski definition) is 0. The number of nitro benzene ring substituents is 1. The zero-order valence-corrected chi connectivity index (χ0v) is 14.5. The summed E-state index contributed by atoms with van der Waals surface area (Å²) in [6, 6.07) is 7.85. The van der Waals surface area contributed by atoms with Crippen LogP contribution in [0.2, 0.25) is 5.02 Å². The number of amidine groups is 1. The van der Waals surface area contributed by atoms with Crippen LogP contribution in [0.4, 0.5) is 5.69 Å². The van der Waals surface area contributed by atoms with Gasteiger partial charge in [0, 0.05) is 36.3 Å². The van der Waals surface area contributed by atoms with Crippen LogP contribution in [-0.2, 0) is 5.75 Å². The number of thioether (sulfide) groups is 1. The van der Waals surface area contributed by atoms with Gasteiger partial charge in [0.25, 0.3) is 11.6 Å². The van der Waals surface area contributed by atoms with Crippen molar-refractivity contribution in [2.45, 2.75) is 5.75 Å². The van der Waals surface area contributed by atoms with E-state index in [0.717, 1.165) is 5.56 Å². The maximum absolute atomic E-state index is 12.7. The van der Waals surface area contributed by atoms with Crippen molar-refractivity contribution >= 4 is 40.1 Å². The Morgan fingerprint density at radius 3 is 2.96 bits per heavy atom. The molecule has 25 heavy (non-hydrogen) atoms. The minimum Gasteiger partial charge on any atom is -0.286 e. The minimum absolute atomic E-state index is 0.00261. The molecule has 0 saturated heterocycles. The molecule has 0 spiro atoms. The highest BCUT2D eigenvalue weighted by atomic mass is 35.5. The van der Waals surface area contributed by atoms with Crippen molar-refractivity contribution < 1.29 is 9.72 Å².